The van der Waals surface area contributed by atoms with Gasteiger partial charge < -0.3 is 4.98 Å². The molecule has 0 spiro atoms. The van der Waals surface area contributed by atoms with Crippen molar-refractivity contribution in [1.29, 1.82) is 5.26 Å². The molecule has 9 heteroatoms. The van der Waals surface area contributed by atoms with Gasteiger partial charge in [0.2, 0.25) is 0 Å². The Kier molecular flexibility index (Phi) is 5.60. The van der Waals surface area contributed by atoms with Crippen LogP contribution in [0.15, 0.2) is 78.1 Å². The minimum absolute atomic E-state index is 0.0952. The maximum atomic E-state index is 13.0. The van der Waals surface area contributed by atoms with Crippen LogP contribution in [0.2, 0.25) is 0 Å². The van der Waals surface area contributed by atoms with Crippen LogP contribution < -0.4 is 5.56 Å². The highest BCUT2D eigenvalue weighted by atomic mass is 19.4. The predicted molar refractivity (Wildman–Crippen MR) is 110 cm³/mol. The van der Waals surface area contributed by atoms with Gasteiger partial charge in [0.1, 0.15) is 11.6 Å². The maximum Gasteiger partial charge on any atom is 0.417 e. The number of imidazole rings is 1. The van der Waals surface area contributed by atoms with Gasteiger partial charge in [-0.2, -0.15) is 18.4 Å². The van der Waals surface area contributed by atoms with Gasteiger partial charge in [-0.3, -0.25) is 9.36 Å². The van der Waals surface area contributed by atoms with Crippen molar-refractivity contribution in [3.63, 3.8) is 0 Å². The van der Waals surface area contributed by atoms with Crippen molar-refractivity contribution < 1.29 is 13.2 Å². The van der Waals surface area contributed by atoms with Crippen molar-refractivity contribution in [2.75, 3.05) is 0 Å². The summed E-state index contributed by atoms with van der Waals surface area (Å²) < 4.78 is 39.9. The van der Waals surface area contributed by atoms with Gasteiger partial charge in [0.15, 0.2) is 0 Å². The summed E-state index contributed by atoms with van der Waals surface area (Å²) in [5.41, 5.74) is 0.757. The van der Waals surface area contributed by atoms with Crippen molar-refractivity contribution in [2.45, 2.75) is 18.5 Å². The van der Waals surface area contributed by atoms with Crippen LogP contribution in [-0.4, -0.2) is 19.5 Å². The summed E-state index contributed by atoms with van der Waals surface area (Å²) in [7, 11) is 0. The fourth-order valence-corrected chi connectivity index (χ4v) is 3.38. The normalized spacial score (nSPS) is 12.3. The number of hydrogen-bond acceptors (Lipinski definition) is 4. The number of pyridine rings is 2. The molecule has 0 aliphatic carbocycles. The highest BCUT2D eigenvalue weighted by molar-refractivity contribution is 5.37. The number of aromatic amines is 1. The summed E-state index contributed by atoms with van der Waals surface area (Å²) in [5, 5.41) is 9.02. The van der Waals surface area contributed by atoms with Gasteiger partial charge in [-0.05, 0) is 41.8 Å². The summed E-state index contributed by atoms with van der Waals surface area (Å²) >= 11 is 0. The summed E-state index contributed by atoms with van der Waals surface area (Å²) in [4.78, 5) is 23.7. The van der Waals surface area contributed by atoms with E-state index in [-0.39, 0.29) is 11.7 Å². The third-order valence-electron chi connectivity index (χ3n) is 5.03. The van der Waals surface area contributed by atoms with E-state index in [9.17, 15) is 18.0 Å². The van der Waals surface area contributed by atoms with Gasteiger partial charge in [-0.25, -0.2) is 9.97 Å². The molecule has 3 heterocycles. The second kappa shape index (κ2) is 8.51. The zero-order chi connectivity index (χ0) is 22.7. The molecule has 3 aromatic heterocycles. The van der Waals surface area contributed by atoms with Crippen molar-refractivity contribution in [2.24, 2.45) is 0 Å². The molecule has 0 aliphatic rings. The maximum absolute atomic E-state index is 13.0. The van der Waals surface area contributed by atoms with Crippen LogP contribution in [0.25, 0.3) is 5.82 Å². The molecular formula is C23H16F3N5O. The van der Waals surface area contributed by atoms with Gasteiger partial charge >= 0.3 is 6.18 Å². The number of nitriles is 1. The Morgan fingerprint density at radius 3 is 2.44 bits per heavy atom. The Balaban J connectivity index is 1.63. The highest BCUT2D eigenvalue weighted by Gasteiger charge is 2.31. The largest absolute Gasteiger partial charge is 0.417 e. The molecule has 32 heavy (non-hydrogen) atoms. The Labute approximate surface area is 180 Å². The van der Waals surface area contributed by atoms with E-state index < -0.39 is 17.3 Å². The molecule has 0 saturated heterocycles. The first-order chi connectivity index (χ1) is 15.3. The van der Waals surface area contributed by atoms with Crippen molar-refractivity contribution in [1.82, 2.24) is 19.5 Å². The number of halogens is 3. The highest BCUT2D eigenvalue weighted by Crippen LogP contribution is 2.29. The summed E-state index contributed by atoms with van der Waals surface area (Å²) in [5.74, 6) is 0.673. The summed E-state index contributed by atoms with van der Waals surface area (Å²) in [6, 6.07) is 14.1. The second-order valence-electron chi connectivity index (χ2n) is 7.11. The van der Waals surface area contributed by atoms with Crippen LogP contribution in [0.5, 0.6) is 0 Å². The average Bonchev–Trinajstić information content (AvgIpc) is 3.32. The van der Waals surface area contributed by atoms with E-state index in [1.165, 1.54) is 12.3 Å². The molecule has 1 unspecified atom stereocenters. The molecular weight excluding hydrogens is 419 g/mol. The number of nitrogens with zero attached hydrogens (tertiary/aromatic N) is 4. The van der Waals surface area contributed by atoms with Gasteiger partial charge in [-0.1, -0.05) is 18.2 Å². The molecule has 0 bridgehead atoms. The number of rotatable bonds is 5. The van der Waals surface area contributed by atoms with Crippen LogP contribution in [0.1, 0.15) is 34.0 Å². The first-order valence-corrected chi connectivity index (χ1v) is 9.59. The molecule has 160 valence electrons. The van der Waals surface area contributed by atoms with E-state index in [4.69, 9.17) is 5.26 Å². The van der Waals surface area contributed by atoms with Crippen molar-refractivity contribution in [3.8, 4) is 11.9 Å². The second-order valence-corrected chi connectivity index (χ2v) is 7.11. The van der Waals surface area contributed by atoms with E-state index in [2.05, 4.69) is 21.0 Å². The Morgan fingerprint density at radius 2 is 1.84 bits per heavy atom. The number of aromatic nitrogens is 4. The molecule has 0 saturated carbocycles. The lowest BCUT2D eigenvalue weighted by Crippen LogP contribution is -2.20. The monoisotopic (exact) mass is 435 g/mol. The van der Waals surface area contributed by atoms with E-state index >= 15 is 0 Å². The minimum Gasteiger partial charge on any atom is -0.348 e. The third-order valence-corrected chi connectivity index (χ3v) is 5.03. The quantitative estimate of drug-likeness (QED) is 0.509. The van der Waals surface area contributed by atoms with Crippen LogP contribution in [0.3, 0.4) is 0 Å². The van der Waals surface area contributed by atoms with E-state index in [1.807, 2.05) is 12.1 Å². The summed E-state index contributed by atoms with van der Waals surface area (Å²) in [6.45, 7) is 0. The zero-order valence-corrected chi connectivity index (χ0v) is 16.5. The lowest BCUT2D eigenvalue weighted by Gasteiger charge is -2.16. The topological polar surface area (TPSA) is 87.4 Å². The fourth-order valence-electron chi connectivity index (χ4n) is 3.38. The minimum atomic E-state index is -4.56. The standard InChI is InChI=1S/C23H16F3N5O/c24-23(25,26)18-6-8-21(32)31(14-18)20-7-3-16(13-30-20)11-19(22-28-9-10-29-22)17-4-1-15(12-27)2-5-17/h1-10,13-14,19H,11H2,(H,28,29). The number of hydrogen-bond donors (Lipinski definition) is 1. The van der Waals surface area contributed by atoms with Gasteiger partial charge in [0, 0.05) is 36.8 Å². The Hall–Kier alpha value is -4.19. The number of H-pyrrole nitrogens is 1. The molecule has 0 amide bonds. The lowest BCUT2D eigenvalue weighted by atomic mass is 9.91. The zero-order valence-electron chi connectivity index (χ0n) is 16.5. The summed E-state index contributed by atoms with van der Waals surface area (Å²) in [6.07, 6.45) is 1.58. The molecule has 0 fully saturated rings. The predicted octanol–water partition coefficient (Wildman–Crippen LogP) is 4.22. The lowest BCUT2D eigenvalue weighted by molar-refractivity contribution is -0.138. The van der Waals surface area contributed by atoms with Crippen LogP contribution >= 0.6 is 0 Å². The Morgan fingerprint density at radius 1 is 1.06 bits per heavy atom. The first-order valence-electron chi connectivity index (χ1n) is 9.59. The third kappa shape index (κ3) is 4.44. The molecule has 1 aromatic carbocycles. The SMILES string of the molecule is N#Cc1ccc(C(Cc2ccc(-n3cc(C(F)(F)F)ccc3=O)nc2)c2ncc[nH]2)cc1. The van der Waals surface area contributed by atoms with Crippen LogP contribution in [0.4, 0.5) is 13.2 Å². The smallest absolute Gasteiger partial charge is 0.348 e. The van der Waals surface area contributed by atoms with E-state index in [1.54, 1.807) is 30.6 Å². The van der Waals surface area contributed by atoms with Crippen LogP contribution in [-0.2, 0) is 12.6 Å². The van der Waals surface area contributed by atoms with Gasteiger partial charge in [0.25, 0.3) is 5.56 Å². The molecule has 1 atom stereocenters. The molecule has 4 aromatic rings. The Bertz CT molecular complexity index is 1300. The van der Waals surface area contributed by atoms with Crippen molar-refractivity contribution >= 4 is 0 Å². The molecule has 6 nitrogen and oxygen atoms in total. The fraction of sp³-hybridized carbons (Fsp3) is 0.130. The molecule has 0 radical (unpaired) electrons. The molecule has 1 N–H and O–H groups in total. The van der Waals surface area contributed by atoms with Crippen molar-refractivity contribution in [3.05, 3.63) is 112 Å². The van der Waals surface area contributed by atoms with E-state index in [0.717, 1.165) is 39.8 Å². The van der Waals surface area contributed by atoms with Crippen LogP contribution in [0, 0.1) is 11.3 Å². The molecule has 4 rings (SSSR count). The van der Waals surface area contributed by atoms with Gasteiger partial charge in [0.05, 0.1) is 17.2 Å². The first kappa shape index (κ1) is 21.1. The van der Waals surface area contributed by atoms with E-state index in [0.29, 0.717) is 12.0 Å². The number of nitrogens with one attached hydrogen (secondary N) is 1. The van der Waals surface area contributed by atoms with Gasteiger partial charge in [-0.15, -0.1) is 0 Å². The molecule has 0 aliphatic heterocycles. The average molecular weight is 435 g/mol. The number of alkyl halides is 3. The number of benzene rings is 1.